The van der Waals surface area contributed by atoms with Crippen LogP contribution in [0.2, 0.25) is 5.02 Å². The van der Waals surface area contributed by atoms with Gasteiger partial charge in [0.25, 0.3) is 5.91 Å². The second-order valence-corrected chi connectivity index (χ2v) is 8.12. The molecule has 158 valence electrons. The highest BCUT2D eigenvalue weighted by atomic mass is 35.5. The average Bonchev–Trinajstić information content (AvgIpc) is 3.17. The molecule has 0 unspecified atom stereocenters. The van der Waals surface area contributed by atoms with Crippen molar-refractivity contribution in [2.24, 2.45) is 0 Å². The predicted octanol–water partition coefficient (Wildman–Crippen LogP) is 6.60. The lowest BCUT2D eigenvalue weighted by atomic mass is 10.0. The Morgan fingerprint density at radius 1 is 1.13 bits per heavy atom. The van der Waals surface area contributed by atoms with Crippen LogP contribution in [0, 0.1) is 6.92 Å². The molecule has 0 aliphatic carbocycles. The Balaban J connectivity index is 1.49. The van der Waals surface area contributed by atoms with Gasteiger partial charge in [-0.25, -0.2) is 4.98 Å². The number of carbonyl (C=O) groups excluding carboxylic acids is 1. The Kier molecular flexibility index (Phi) is 5.96. The van der Waals surface area contributed by atoms with Crippen LogP contribution >= 0.6 is 11.6 Å². The maximum atomic E-state index is 12.5. The van der Waals surface area contributed by atoms with E-state index in [4.69, 9.17) is 20.8 Å². The van der Waals surface area contributed by atoms with E-state index in [1.807, 2.05) is 49.4 Å². The molecule has 0 radical (unpaired) electrons. The maximum absolute atomic E-state index is 12.5. The molecule has 1 amide bonds. The van der Waals surface area contributed by atoms with Gasteiger partial charge in [0.05, 0.1) is 10.6 Å². The van der Waals surface area contributed by atoms with E-state index >= 15 is 0 Å². The molecule has 0 atom stereocenters. The smallest absolute Gasteiger partial charge is 0.262 e. The van der Waals surface area contributed by atoms with Gasteiger partial charge in [0, 0.05) is 5.69 Å². The van der Waals surface area contributed by atoms with Gasteiger partial charge in [-0.1, -0.05) is 49.7 Å². The zero-order valence-corrected chi connectivity index (χ0v) is 18.4. The topological polar surface area (TPSA) is 64.4 Å². The number of anilines is 1. The molecular formula is C25H23ClN2O3. The molecule has 4 rings (SSSR count). The van der Waals surface area contributed by atoms with Crippen molar-refractivity contribution < 1.29 is 13.9 Å². The quantitative estimate of drug-likeness (QED) is 0.371. The van der Waals surface area contributed by atoms with Gasteiger partial charge >= 0.3 is 0 Å². The van der Waals surface area contributed by atoms with Crippen LogP contribution in [0.3, 0.4) is 0 Å². The molecule has 0 saturated carbocycles. The molecule has 4 aromatic rings. The second kappa shape index (κ2) is 8.82. The van der Waals surface area contributed by atoms with Crippen LogP contribution in [0.25, 0.3) is 22.6 Å². The number of fused-ring (bicyclic) bond motifs is 1. The Labute approximate surface area is 186 Å². The van der Waals surface area contributed by atoms with E-state index in [1.165, 1.54) is 0 Å². The number of rotatable bonds is 6. The number of benzene rings is 3. The molecular weight excluding hydrogens is 412 g/mol. The molecule has 3 aromatic carbocycles. The molecule has 31 heavy (non-hydrogen) atoms. The molecule has 0 bridgehead atoms. The zero-order valence-electron chi connectivity index (χ0n) is 17.6. The summed E-state index contributed by atoms with van der Waals surface area (Å²) in [6.07, 6.45) is 0. The summed E-state index contributed by atoms with van der Waals surface area (Å²) < 4.78 is 11.6. The number of nitrogens with one attached hydrogen (secondary N) is 1. The summed E-state index contributed by atoms with van der Waals surface area (Å²) >= 11 is 6.36. The van der Waals surface area contributed by atoms with Crippen LogP contribution < -0.4 is 10.1 Å². The first-order valence-corrected chi connectivity index (χ1v) is 10.5. The lowest BCUT2D eigenvalue weighted by molar-refractivity contribution is -0.118. The van der Waals surface area contributed by atoms with Crippen molar-refractivity contribution in [2.75, 3.05) is 11.9 Å². The van der Waals surface area contributed by atoms with E-state index in [9.17, 15) is 4.79 Å². The molecule has 5 nitrogen and oxygen atoms in total. The third-order valence-corrected chi connectivity index (χ3v) is 5.25. The van der Waals surface area contributed by atoms with Crippen LogP contribution in [0.5, 0.6) is 5.75 Å². The Morgan fingerprint density at radius 3 is 2.71 bits per heavy atom. The maximum Gasteiger partial charge on any atom is 0.262 e. The van der Waals surface area contributed by atoms with Gasteiger partial charge in [-0.15, -0.1) is 0 Å². The molecule has 0 saturated heterocycles. The van der Waals surface area contributed by atoms with Crippen LogP contribution in [0.1, 0.15) is 30.9 Å². The third kappa shape index (κ3) is 4.72. The van der Waals surface area contributed by atoms with Crippen molar-refractivity contribution in [1.82, 2.24) is 4.98 Å². The fourth-order valence-corrected chi connectivity index (χ4v) is 3.54. The second-order valence-electron chi connectivity index (χ2n) is 7.71. The van der Waals surface area contributed by atoms with Crippen molar-refractivity contribution in [1.29, 1.82) is 0 Å². The number of amides is 1. The first-order valence-electron chi connectivity index (χ1n) is 10.1. The third-order valence-electron chi connectivity index (χ3n) is 4.92. The number of ether oxygens (including phenoxy) is 1. The van der Waals surface area contributed by atoms with Gasteiger partial charge in [0.2, 0.25) is 5.89 Å². The first-order chi connectivity index (χ1) is 14.9. The van der Waals surface area contributed by atoms with Gasteiger partial charge in [0.15, 0.2) is 12.2 Å². The summed E-state index contributed by atoms with van der Waals surface area (Å²) in [7, 11) is 0. The van der Waals surface area contributed by atoms with Gasteiger partial charge in [-0.05, 0) is 60.4 Å². The zero-order chi connectivity index (χ0) is 22.0. The van der Waals surface area contributed by atoms with Gasteiger partial charge in [-0.2, -0.15) is 0 Å². The standard InChI is InChI=1S/C25H23ClN2O3/c1-15(2)18-10-8-16(3)12-23(18)30-14-24(29)27-17-9-11-20(26)19(13-17)25-28-21-6-4-5-7-22(21)31-25/h4-13,15H,14H2,1-3H3,(H,27,29). The molecule has 1 N–H and O–H groups in total. The van der Waals surface area contributed by atoms with E-state index in [0.717, 1.165) is 22.4 Å². The van der Waals surface area contributed by atoms with Crippen LogP contribution in [0.15, 0.2) is 65.1 Å². The summed E-state index contributed by atoms with van der Waals surface area (Å²) in [6, 6.07) is 18.7. The molecule has 0 aliphatic rings. The van der Waals surface area contributed by atoms with Crippen LogP contribution in [-0.4, -0.2) is 17.5 Å². The summed E-state index contributed by atoms with van der Waals surface area (Å²) in [6.45, 7) is 6.10. The minimum atomic E-state index is -0.262. The van der Waals surface area contributed by atoms with Gasteiger partial charge in [0.1, 0.15) is 11.3 Å². The van der Waals surface area contributed by atoms with Crippen molar-refractivity contribution in [3.05, 3.63) is 76.8 Å². The van der Waals surface area contributed by atoms with Crippen LogP contribution in [0.4, 0.5) is 5.69 Å². The lowest BCUT2D eigenvalue weighted by Crippen LogP contribution is -2.20. The molecule has 0 spiro atoms. The number of aromatic nitrogens is 1. The predicted molar refractivity (Wildman–Crippen MR) is 124 cm³/mol. The van der Waals surface area contributed by atoms with Gasteiger partial charge in [-0.3, -0.25) is 4.79 Å². The summed E-state index contributed by atoms with van der Waals surface area (Å²) in [4.78, 5) is 17.0. The number of halogens is 1. The normalized spacial score (nSPS) is 11.1. The fourth-order valence-electron chi connectivity index (χ4n) is 3.34. The van der Waals surface area contributed by atoms with E-state index < -0.39 is 0 Å². The Hall–Kier alpha value is -3.31. The average molecular weight is 435 g/mol. The highest BCUT2D eigenvalue weighted by molar-refractivity contribution is 6.33. The van der Waals surface area contributed by atoms with Crippen molar-refractivity contribution >= 4 is 34.3 Å². The highest BCUT2D eigenvalue weighted by Gasteiger charge is 2.14. The summed E-state index contributed by atoms with van der Waals surface area (Å²) in [5.41, 5.74) is 4.77. The molecule has 0 fully saturated rings. The number of oxazole rings is 1. The Bertz CT molecular complexity index is 1210. The van der Waals surface area contributed by atoms with E-state index in [-0.39, 0.29) is 12.5 Å². The molecule has 6 heteroatoms. The largest absolute Gasteiger partial charge is 0.483 e. The van der Waals surface area contributed by atoms with Gasteiger partial charge < -0.3 is 14.5 Å². The highest BCUT2D eigenvalue weighted by Crippen LogP contribution is 2.32. The van der Waals surface area contributed by atoms with Crippen molar-refractivity contribution in [3.8, 4) is 17.2 Å². The number of para-hydroxylation sites is 2. The monoisotopic (exact) mass is 434 g/mol. The Morgan fingerprint density at radius 2 is 1.94 bits per heavy atom. The summed E-state index contributed by atoms with van der Waals surface area (Å²) in [5, 5.41) is 3.34. The van der Waals surface area contributed by atoms with E-state index in [0.29, 0.717) is 33.7 Å². The lowest BCUT2D eigenvalue weighted by Gasteiger charge is -2.15. The van der Waals surface area contributed by atoms with Crippen molar-refractivity contribution in [3.63, 3.8) is 0 Å². The number of nitrogens with zero attached hydrogens (tertiary/aromatic N) is 1. The number of aryl methyl sites for hydroxylation is 1. The molecule has 1 aromatic heterocycles. The number of carbonyl (C=O) groups is 1. The van der Waals surface area contributed by atoms with E-state index in [1.54, 1.807) is 18.2 Å². The number of hydrogen-bond acceptors (Lipinski definition) is 4. The van der Waals surface area contributed by atoms with E-state index in [2.05, 4.69) is 24.1 Å². The number of hydrogen-bond donors (Lipinski definition) is 1. The minimum Gasteiger partial charge on any atom is -0.483 e. The van der Waals surface area contributed by atoms with Crippen molar-refractivity contribution in [2.45, 2.75) is 26.7 Å². The minimum absolute atomic E-state index is 0.0932. The molecule has 0 aliphatic heterocycles. The first kappa shape index (κ1) is 20.9. The molecule has 1 heterocycles. The van der Waals surface area contributed by atoms with Crippen LogP contribution in [-0.2, 0) is 4.79 Å². The SMILES string of the molecule is Cc1ccc(C(C)C)c(OCC(=O)Nc2ccc(Cl)c(-c3nc4ccccc4o3)c2)c1. The summed E-state index contributed by atoms with van der Waals surface area (Å²) in [5.74, 6) is 1.17. The fraction of sp³-hybridized carbons (Fsp3) is 0.200.